The summed E-state index contributed by atoms with van der Waals surface area (Å²) in [6.07, 6.45) is 9.02. The van der Waals surface area contributed by atoms with Gasteiger partial charge in [0.05, 0.1) is 18.2 Å². The molecule has 0 unspecified atom stereocenters. The van der Waals surface area contributed by atoms with Gasteiger partial charge in [0.15, 0.2) is 5.65 Å². The van der Waals surface area contributed by atoms with Crippen LogP contribution in [0.4, 0.5) is 0 Å². The van der Waals surface area contributed by atoms with Gasteiger partial charge in [-0.2, -0.15) is 10.4 Å². The average molecular weight is 226 g/mol. The molecule has 2 aromatic rings. The first kappa shape index (κ1) is 10.3. The van der Waals surface area contributed by atoms with Crippen molar-refractivity contribution < 1.29 is 0 Å². The Kier molecular flexibility index (Phi) is 2.52. The van der Waals surface area contributed by atoms with Gasteiger partial charge in [-0.05, 0) is 18.9 Å². The first-order valence-electron chi connectivity index (χ1n) is 6.09. The standard InChI is InChI=1S/C13H14N4/c14-7-6-11-12(10-4-1-2-5-10)16-17-9-3-8-15-13(11)17/h3,8-10H,1-2,4-6H2. The molecule has 1 aliphatic carbocycles. The molecule has 1 aliphatic rings. The van der Waals surface area contributed by atoms with E-state index in [-0.39, 0.29) is 0 Å². The number of rotatable bonds is 2. The van der Waals surface area contributed by atoms with Crippen molar-refractivity contribution in [1.29, 1.82) is 5.26 Å². The molecule has 1 saturated carbocycles. The van der Waals surface area contributed by atoms with Gasteiger partial charge in [0, 0.05) is 23.9 Å². The highest BCUT2D eigenvalue weighted by atomic mass is 15.2. The minimum absolute atomic E-state index is 0.409. The smallest absolute Gasteiger partial charge is 0.159 e. The van der Waals surface area contributed by atoms with E-state index in [1.807, 2.05) is 12.3 Å². The SMILES string of the molecule is N#CCc1c(C2CCCC2)nn2cccnc12. The van der Waals surface area contributed by atoms with Crippen LogP contribution in [0.1, 0.15) is 42.9 Å². The van der Waals surface area contributed by atoms with Crippen LogP contribution in [0.2, 0.25) is 0 Å². The molecule has 0 aromatic carbocycles. The second-order valence-electron chi connectivity index (χ2n) is 4.57. The van der Waals surface area contributed by atoms with Gasteiger partial charge in [0.2, 0.25) is 0 Å². The highest BCUT2D eigenvalue weighted by molar-refractivity contribution is 5.52. The van der Waals surface area contributed by atoms with E-state index >= 15 is 0 Å². The third kappa shape index (κ3) is 1.68. The van der Waals surface area contributed by atoms with Crippen LogP contribution in [0.3, 0.4) is 0 Å². The normalized spacial score (nSPS) is 16.4. The van der Waals surface area contributed by atoms with Gasteiger partial charge in [-0.1, -0.05) is 12.8 Å². The maximum atomic E-state index is 8.95. The van der Waals surface area contributed by atoms with Crippen LogP contribution in [0.5, 0.6) is 0 Å². The van der Waals surface area contributed by atoms with Crippen molar-refractivity contribution in [2.75, 3.05) is 0 Å². The molecule has 0 spiro atoms. The number of hydrogen-bond acceptors (Lipinski definition) is 3. The summed E-state index contributed by atoms with van der Waals surface area (Å²) in [5.41, 5.74) is 2.97. The number of hydrogen-bond donors (Lipinski definition) is 0. The number of aromatic nitrogens is 3. The van der Waals surface area contributed by atoms with Crippen molar-refractivity contribution >= 4 is 5.65 Å². The lowest BCUT2D eigenvalue weighted by molar-refractivity contribution is 0.679. The van der Waals surface area contributed by atoms with E-state index in [0.717, 1.165) is 16.9 Å². The zero-order chi connectivity index (χ0) is 11.7. The molecule has 17 heavy (non-hydrogen) atoms. The fourth-order valence-electron chi connectivity index (χ4n) is 2.73. The van der Waals surface area contributed by atoms with Gasteiger partial charge in [0.1, 0.15) is 0 Å². The van der Waals surface area contributed by atoms with E-state index in [4.69, 9.17) is 5.26 Å². The van der Waals surface area contributed by atoms with Crippen LogP contribution in [0.25, 0.3) is 5.65 Å². The lowest BCUT2D eigenvalue weighted by Crippen LogP contribution is -1.97. The molecule has 0 atom stereocenters. The molecule has 4 heteroatoms. The maximum Gasteiger partial charge on any atom is 0.159 e. The van der Waals surface area contributed by atoms with E-state index < -0.39 is 0 Å². The Balaban J connectivity index is 2.15. The second kappa shape index (κ2) is 4.17. The molecule has 3 rings (SSSR count). The maximum absolute atomic E-state index is 8.95. The van der Waals surface area contributed by atoms with Crippen molar-refractivity contribution in [3.05, 3.63) is 29.7 Å². The molecule has 2 aromatic heterocycles. The van der Waals surface area contributed by atoms with E-state index in [0.29, 0.717) is 12.3 Å². The topological polar surface area (TPSA) is 54.0 Å². The quantitative estimate of drug-likeness (QED) is 0.790. The Hall–Kier alpha value is -1.89. The molecular weight excluding hydrogens is 212 g/mol. The van der Waals surface area contributed by atoms with Crippen molar-refractivity contribution in [3.8, 4) is 6.07 Å². The van der Waals surface area contributed by atoms with E-state index in [9.17, 15) is 0 Å². The molecule has 1 fully saturated rings. The third-order valence-electron chi connectivity index (χ3n) is 3.52. The zero-order valence-corrected chi connectivity index (χ0v) is 9.63. The highest BCUT2D eigenvalue weighted by Gasteiger charge is 2.24. The molecule has 0 N–H and O–H groups in total. The Bertz CT molecular complexity index is 573. The Morgan fingerprint density at radius 1 is 1.41 bits per heavy atom. The summed E-state index contributed by atoms with van der Waals surface area (Å²) in [5.74, 6) is 0.528. The first-order chi connectivity index (χ1) is 8.40. The van der Waals surface area contributed by atoms with Crippen LogP contribution < -0.4 is 0 Å². The summed E-state index contributed by atoms with van der Waals surface area (Å²) in [5, 5.41) is 13.6. The van der Waals surface area contributed by atoms with Gasteiger partial charge in [-0.3, -0.25) is 0 Å². The molecule has 86 valence electrons. The summed E-state index contributed by atoms with van der Waals surface area (Å²) < 4.78 is 1.81. The number of fused-ring (bicyclic) bond motifs is 1. The second-order valence-corrected chi connectivity index (χ2v) is 4.57. The predicted octanol–water partition coefficient (Wildman–Crippen LogP) is 2.45. The van der Waals surface area contributed by atoms with Gasteiger partial charge in [-0.25, -0.2) is 9.50 Å². The van der Waals surface area contributed by atoms with Gasteiger partial charge in [0.25, 0.3) is 0 Å². The Morgan fingerprint density at radius 2 is 2.24 bits per heavy atom. The molecular formula is C13H14N4. The van der Waals surface area contributed by atoms with Crippen LogP contribution in [0.15, 0.2) is 18.5 Å². The highest BCUT2D eigenvalue weighted by Crippen LogP contribution is 2.35. The summed E-state index contributed by atoms with van der Waals surface area (Å²) >= 11 is 0. The van der Waals surface area contributed by atoms with E-state index in [1.165, 1.54) is 25.7 Å². The van der Waals surface area contributed by atoms with Gasteiger partial charge < -0.3 is 0 Å². The Morgan fingerprint density at radius 3 is 3.00 bits per heavy atom. The van der Waals surface area contributed by atoms with Crippen molar-refractivity contribution in [1.82, 2.24) is 14.6 Å². The van der Waals surface area contributed by atoms with Crippen molar-refractivity contribution in [3.63, 3.8) is 0 Å². The minimum Gasteiger partial charge on any atom is -0.237 e. The first-order valence-corrected chi connectivity index (χ1v) is 6.09. The van der Waals surface area contributed by atoms with Crippen LogP contribution in [-0.4, -0.2) is 14.6 Å². The van der Waals surface area contributed by atoms with Crippen LogP contribution >= 0.6 is 0 Å². The molecule has 0 aliphatic heterocycles. The summed E-state index contributed by atoms with van der Waals surface area (Å²) in [6.45, 7) is 0. The molecule has 0 bridgehead atoms. The lowest BCUT2D eigenvalue weighted by Gasteiger charge is -2.05. The largest absolute Gasteiger partial charge is 0.237 e. The van der Waals surface area contributed by atoms with E-state index in [1.54, 1.807) is 10.7 Å². The fourth-order valence-corrected chi connectivity index (χ4v) is 2.73. The zero-order valence-electron chi connectivity index (χ0n) is 9.63. The van der Waals surface area contributed by atoms with Crippen molar-refractivity contribution in [2.45, 2.75) is 38.0 Å². The third-order valence-corrected chi connectivity index (χ3v) is 3.52. The van der Waals surface area contributed by atoms with Gasteiger partial charge >= 0.3 is 0 Å². The van der Waals surface area contributed by atoms with Gasteiger partial charge in [-0.15, -0.1) is 0 Å². The molecule has 2 heterocycles. The number of nitrogens with zero attached hydrogens (tertiary/aromatic N) is 4. The minimum atomic E-state index is 0.409. The summed E-state index contributed by atoms with van der Waals surface area (Å²) in [4.78, 5) is 4.34. The molecule has 4 nitrogen and oxygen atoms in total. The van der Waals surface area contributed by atoms with E-state index in [2.05, 4.69) is 16.2 Å². The summed E-state index contributed by atoms with van der Waals surface area (Å²) in [6, 6.07) is 4.10. The number of nitriles is 1. The monoisotopic (exact) mass is 226 g/mol. The fraction of sp³-hybridized carbons (Fsp3) is 0.462. The molecule has 0 saturated heterocycles. The predicted molar refractivity (Wildman–Crippen MR) is 63.5 cm³/mol. The molecule has 0 amide bonds. The lowest BCUT2D eigenvalue weighted by atomic mass is 9.99. The Labute approximate surface area is 99.9 Å². The molecule has 0 radical (unpaired) electrons. The van der Waals surface area contributed by atoms with Crippen LogP contribution in [0, 0.1) is 11.3 Å². The van der Waals surface area contributed by atoms with Crippen molar-refractivity contribution in [2.24, 2.45) is 0 Å². The summed E-state index contributed by atoms with van der Waals surface area (Å²) in [7, 11) is 0. The van der Waals surface area contributed by atoms with Crippen LogP contribution in [-0.2, 0) is 6.42 Å². The average Bonchev–Trinajstić information content (AvgIpc) is 2.97.